The lowest BCUT2D eigenvalue weighted by atomic mass is 9.79. The van der Waals surface area contributed by atoms with Gasteiger partial charge in [0.15, 0.2) is 0 Å². The van der Waals surface area contributed by atoms with Crippen LogP contribution in [0.2, 0.25) is 0 Å². The first-order chi connectivity index (χ1) is 12.3. The molecule has 0 aromatic heterocycles. The molecule has 1 nitrogen and oxygen atoms in total. The number of benzene rings is 2. The third-order valence-electron chi connectivity index (χ3n) is 5.23. The Labute approximate surface area is 152 Å². The van der Waals surface area contributed by atoms with Crippen LogP contribution in [0.1, 0.15) is 61.6 Å². The summed E-state index contributed by atoms with van der Waals surface area (Å²) < 4.78 is 5.19. The van der Waals surface area contributed by atoms with Crippen LogP contribution >= 0.6 is 0 Å². The fraction of sp³-hybridized carbons (Fsp3) is 0.417. The van der Waals surface area contributed by atoms with Crippen molar-refractivity contribution in [3.8, 4) is 17.6 Å². The zero-order valence-electron chi connectivity index (χ0n) is 15.4. The highest BCUT2D eigenvalue weighted by Gasteiger charge is 2.21. The Kier molecular flexibility index (Phi) is 6.18. The standard InChI is InChI=1S/C24H28O/c1-3-4-19-7-13-22(14-8-19)23-15-9-20(10-16-23)5-6-21-11-17-24(25-2)18-12-21/h7-8,11-14,17-18,20,23H,3-4,9-10,15-16H2,1-2H3. The average molecular weight is 332 g/mol. The summed E-state index contributed by atoms with van der Waals surface area (Å²) in [5.41, 5.74) is 4.06. The lowest BCUT2D eigenvalue weighted by molar-refractivity contribution is 0.384. The molecule has 0 N–H and O–H groups in total. The van der Waals surface area contributed by atoms with Gasteiger partial charge in [0, 0.05) is 11.5 Å². The van der Waals surface area contributed by atoms with E-state index in [9.17, 15) is 0 Å². The third-order valence-corrected chi connectivity index (χ3v) is 5.23. The number of hydrogen-bond donors (Lipinski definition) is 0. The highest BCUT2D eigenvalue weighted by molar-refractivity contribution is 5.38. The smallest absolute Gasteiger partial charge is 0.118 e. The molecule has 2 aromatic carbocycles. The van der Waals surface area contributed by atoms with Crippen molar-refractivity contribution < 1.29 is 4.74 Å². The number of aryl methyl sites for hydroxylation is 1. The second-order valence-electron chi connectivity index (χ2n) is 7.04. The van der Waals surface area contributed by atoms with Crippen LogP contribution in [0.25, 0.3) is 0 Å². The molecule has 130 valence electrons. The van der Waals surface area contributed by atoms with Crippen molar-refractivity contribution in [2.45, 2.75) is 51.4 Å². The Morgan fingerprint density at radius 3 is 2.20 bits per heavy atom. The summed E-state index contributed by atoms with van der Waals surface area (Å²) in [5.74, 6) is 8.96. The number of ether oxygens (including phenoxy) is 1. The maximum absolute atomic E-state index is 5.19. The fourth-order valence-electron chi connectivity index (χ4n) is 3.68. The van der Waals surface area contributed by atoms with Gasteiger partial charge in [0.25, 0.3) is 0 Å². The summed E-state index contributed by atoms with van der Waals surface area (Å²) in [4.78, 5) is 0. The average Bonchev–Trinajstić information content (AvgIpc) is 2.68. The second kappa shape index (κ2) is 8.77. The monoisotopic (exact) mass is 332 g/mol. The first kappa shape index (κ1) is 17.6. The Hall–Kier alpha value is -2.20. The van der Waals surface area contributed by atoms with Gasteiger partial charge in [-0.15, -0.1) is 0 Å². The van der Waals surface area contributed by atoms with Crippen molar-refractivity contribution in [3.63, 3.8) is 0 Å². The third kappa shape index (κ3) is 4.89. The molecular formula is C24H28O. The first-order valence-electron chi connectivity index (χ1n) is 9.53. The highest BCUT2D eigenvalue weighted by Crippen LogP contribution is 2.35. The molecule has 0 bridgehead atoms. The van der Waals surface area contributed by atoms with Crippen LogP contribution in [0, 0.1) is 17.8 Å². The largest absolute Gasteiger partial charge is 0.497 e. The van der Waals surface area contributed by atoms with Gasteiger partial charge in [-0.25, -0.2) is 0 Å². The van der Waals surface area contributed by atoms with E-state index < -0.39 is 0 Å². The molecule has 0 heterocycles. The van der Waals surface area contributed by atoms with Crippen LogP contribution in [0.5, 0.6) is 5.75 Å². The van der Waals surface area contributed by atoms with Crippen LogP contribution < -0.4 is 4.74 Å². The molecule has 0 saturated heterocycles. The number of hydrogen-bond acceptors (Lipinski definition) is 1. The molecule has 0 radical (unpaired) electrons. The number of rotatable bonds is 4. The summed E-state index contributed by atoms with van der Waals surface area (Å²) in [6.07, 6.45) is 7.35. The van der Waals surface area contributed by atoms with Gasteiger partial charge in [-0.1, -0.05) is 49.5 Å². The maximum Gasteiger partial charge on any atom is 0.118 e. The minimum Gasteiger partial charge on any atom is -0.497 e. The minimum absolute atomic E-state index is 0.540. The summed E-state index contributed by atoms with van der Waals surface area (Å²) in [6, 6.07) is 17.3. The first-order valence-corrected chi connectivity index (χ1v) is 9.53. The molecule has 1 heteroatoms. The van der Waals surface area contributed by atoms with E-state index in [-0.39, 0.29) is 0 Å². The van der Waals surface area contributed by atoms with Crippen LogP contribution in [0.15, 0.2) is 48.5 Å². The van der Waals surface area contributed by atoms with Crippen LogP contribution in [-0.4, -0.2) is 7.11 Å². The number of methoxy groups -OCH3 is 1. The Balaban J connectivity index is 1.54. The van der Waals surface area contributed by atoms with Crippen LogP contribution in [0.3, 0.4) is 0 Å². The quantitative estimate of drug-likeness (QED) is 0.626. The molecule has 1 saturated carbocycles. The van der Waals surface area contributed by atoms with Gasteiger partial charge >= 0.3 is 0 Å². The van der Waals surface area contributed by atoms with Gasteiger partial charge < -0.3 is 4.74 Å². The molecule has 0 spiro atoms. The van der Waals surface area contributed by atoms with E-state index in [0.29, 0.717) is 5.92 Å². The van der Waals surface area contributed by atoms with Gasteiger partial charge in [0.1, 0.15) is 5.75 Å². The molecule has 1 fully saturated rings. The van der Waals surface area contributed by atoms with E-state index in [4.69, 9.17) is 4.74 Å². The second-order valence-corrected chi connectivity index (χ2v) is 7.04. The normalized spacial score (nSPS) is 19.8. The molecule has 25 heavy (non-hydrogen) atoms. The Morgan fingerprint density at radius 2 is 1.60 bits per heavy atom. The molecule has 1 aliphatic carbocycles. The van der Waals surface area contributed by atoms with Crippen LogP contribution in [0.4, 0.5) is 0 Å². The van der Waals surface area contributed by atoms with E-state index >= 15 is 0 Å². The topological polar surface area (TPSA) is 9.23 Å². The zero-order valence-corrected chi connectivity index (χ0v) is 15.4. The van der Waals surface area contributed by atoms with Gasteiger partial charge in [-0.3, -0.25) is 0 Å². The Bertz CT molecular complexity index is 707. The van der Waals surface area contributed by atoms with Gasteiger partial charge in [0.05, 0.1) is 7.11 Å². The lowest BCUT2D eigenvalue weighted by Crippen LogP contribution is -2.12. The van der Waals surface area contributed by atoms with Crippen molar-refractivity contribution in [1.29, 1.82) is 0 Å². The summed E-state index contributed by atoms with van der Waals surface area (Å²) in [5, 5.41) is 0. The molecule has 1 aliphatic rings. The minimum atomic E-state index is 0.540. The van der Waals surface area contributed by atoms with Gasteiger partial charge in [0.2, 0.25) is 0 Å². The van der Waals surface area contributed by atoms with Crippen molar-refractivity contribution in [1.82, 2.24) is 0 Å². The zero-order chi connectivity index (χ0) is 17.5. The molecular weight excluding hydrogens is 304 g/mol. The molecule has 0 aliphatic heterocycles. The van der Waals surface area contributed by atoms with Crippen LogP contribution in [-0.2, 0) is 6.42 Å². The van der Waals surface area contributed by atoms with Crippen molar-refractivity contribution >= 4 is 0 Å². The molecule has 3 rings (SSSR count). The van der Waals surface area contributed by atoms with Gasteiger partial charge in [-0.05, 0) is 73.4 Å². The summed E-state index contributed by atoms with van der Waals surface area (Å²) >= 11 is 0. The summed E-state index contributed by atoms with van der Waals surface area (Å²) in [7, 11) is 1.69. The SMILES string of the molecule is CCCc1ccc(C2CCC(C#Cc3ccc(OC)cc3)CC2)cc1. The van der Waals surface area contributed by atoms with Crippen molar-refractivity contribution in [2.75, 3.05) is 7.11 Å². The molecule has 0 unspecified atom stereocenters. The molecule has 2 aromatic rings. The fourth-order valence-corrected chi connectivity index (χ4v) is 3.68. The highest BCUT2D eigenvalue weighted by atomic mass is 16.5. The van der Waals surface area contributed by atoms with Gasteiger partial charge in [-0.2, -0.15) is 0 Å². The Morgan fingerprint density at radius 1 is 0.920 bits per heavy atom. The van der Waals surface area contributed by atoms with Crippen molar-refractivity contribution in [2.24, 2.45) is 5.92 Å². The maximum atomic E-state index is 5.19. The van der Waals surface area contributed by atoms with E-state index in [1.165, 1.54) is 49.7 Å². The van der Waals surface area contributed by atoms with E-state index in [1.54, 1.807) is 7.11 Å². The van der Waals surface area contributed by atoms with E-state index in [1.807, 2.05) is 24.3 Å². The predicted octanol–water partition coefficient (Wildman–Crippen LogP) is 5.97. The lowest BCUT2D eigenvalue weighted by Gasteiger charge is -2.26. The van der Waals surface area contributed by atoms with E-state index in [0.717, 1.165) is 17.2 Å². The van der Waals surface area contributed by atoms with E-state index in [2.05, 4.69) is 43.0 Å². The van der Waals surface area contributed by atoms with Crippen molar-refractivity contribution in [3.05, 3.63) is 65.2 Å². The molecule has 0 amide bonds. The summed E-state index contributed by atoms with van der Waals surface area (Å²) in [6.45, 7) is 2.24. The predicted molar refractivity (Wildman–Crippen MR) is 105 cm³/mol. The molecule has 0 atom stereocenters.